The van der Waals surface area contributed by atoms with Gasteiger partial charge in [0.15, 0.2) is 0 Å². The van der Waals surface area contributed by atoms with Crippen molar-refractivity contribution in [2.45, 2.75) is 23.7 Å². The fourth-order valence-electron chi connectivity index (χ4n) is 3.91. The van der Waals surface area contributed by atoms with Crippen LogP contribution in [0.4, 0.5) is 5.69 Å². The number of benzene rings is 2. The Labute approximate surface area is 182 Å². The van der Waals surface area contributed by atoms with Crippen LogP contribution in [0.1, 0.15) is 24.3 Å². The van der Waals surface area contributed by atoms with E-state index in [0.29, 0.717) is 5.92 Å². The average molecular weight is 464 g/mol. The predicted molar refractivity (Wildman–Crippen MR) is 120 cm³/mol. The topological polar surface area (TPSA) is 109 Å². The van der Waals surface area contributed by atoms with Crippen LogP contribution in [0.5, 0.6) is 5.75 Å². The molecule has 0 aliphatic carbocycles. The quantitative estimate of drug-likeness (QED) is 0.544. The highest BCUT2D eigenvalue weighted by Gasteiger charge is 2.22. The van der Waals surface area contributed by atoms with Gasteiger partial charge in [0.1, 0.15) is 10.6 Å². The van der Waals surface area contributed by atoms with Crippen molar-refractivity contribution in [1.82, 2.24) is 9.88 Å². The van der Waals surface area contributed by atoms with E-state index in [-0.39, 0.29) is 16.3 Å². The smallest absolute Gasteiger partial charge is 0.339 e. The molecule has 2 N–H and O–H groups in total. The molecule has 31 heavy (non-hydrogen) atoms. The zero-order valence-electron chi connectivity index (χ0n) is 17.3. The molecule has 0 unspecified atom stereocenters. The van der Waals surface area contributed by atoms with Crippen LogP contribution in [-0.4, -0.2) is 53.1 Å². The summed E-state index contributed by atoms with van der Waals surface area (Å²) < 4.78 is 55.7. The molecule has 1 aliphatic rings. The van der Waals surface area contributed by atoms with E-state index in [2.05, 4.69) is 21.7 Å². The molecule has 0 atom stereocenters. The molecule has 8 nitrogen and oxygen atoms in total. The van der Waals surface area contributed by atoms with E-state index in [4.69, 9.17) is 4.18 Å². The molecule has 4 rings (SSSR count). The van der Waals surface area contributed by atoms with Crippen LogP contribution in [0.3, 0.4) is 0 Å². The summed E-state index contributed by atoms with van der Waals surface area (Å²) in [4.78, 5) is 5.52. The van der Waals surface area contributed by atoms with Crippen molar-refractivity contribution >= 4 is 36.7 Å². The summed E-state index contributed by atoms with van der Waals surface area (Å²) in [5.41, 5.74) is 2.40. The van der Waals surface area contributed by atoms with Gasteiger partial charge >= 0.3 is 10.1 Å². The number of nitrogens with one attached hydrogen (secondary N) is 2. The Balaban J connectivity index is 1.57. The van der Waals surface area contributed by atoms with Gasteiger partial charge in [-0.25, -0.2) is 8.42 Å². The lowest BCUT2D eigenvalue weighted by atomic mass is 9.89. The highest BCUT2D eigenvalue weighted by Crippen LogP contribution is 2.35. The lowest BCUT2D eigenvalue weighted by Crippen LogP contribution is -2.29. The lowest BCUT2D eigenvalue weighted by molar-refractivity contribution is 0.256. The van der Waals surface area contributed by atoms with Gasteiger partial charge in [0, 0.05) is 22.8 Å². The largest absolute Gasteiger partial charge is 0.379 e. The Morgan fingerprint density at radius 1 is 1.03 bits per heavy atom. The molecule has 1 aliphatic heterocycles. The van der Waals surface area contributed by atoms with E-state index >= 15 is 0 Å². The first-order valence-electron chi connectivity index (χ1n) is 9.93. The van der Waals surface area contributed by atoms with Crippen LogP contribution in [0.15, 0.2) is 53.6 Å². The Hall–Kier alpha value is -2.56. The molecular formula is C21H25N3O5S2. The van der Waals surface area contributed by atoms with Crippen LogP contribution in [0.2, 0.25) is 0 Å². The van der Waals surface area contributed by atoms with E-state index in [1.807, 2.05) is 12.3 Å². The molecule has 2 aromatic carbocycles. The van der Waals surface area contributed by atoms with Crippen molar-refractivity contribution in [2.75, 3.05) is 31.1 Å². The number of hydrogen-bond acceptors (Lipinski definition) is 6. The zero-order valence-corrected chi connectivity index (χ0v) is 19.0. The Morgan fingerprint density at radius 2 is 1.71 bits per heavy atom. The van der Waals surface area contributed by atoms with Crippen LogP contribution >= 0.6 is 0 Å². The Bertz CT molecular complexity index is 1290. The molecule has 3 aromatic rings. The number of fused-ring (bicyclic) bond motifs is 1. The minimum absolute atomic E-state index is 0.0590. The molecular weight excluding hydrogens is 438 g/mol. The summed E-state index contributed by atoms with van der Waals surface area (Å²) in [5, 5.41) is 0.968. The molecule has 2 heterocycles. The predicted octanol–water partition coefficient (Wildman–Crippen LogP) is 3.12. The van der Waals surface area contributed by atoms with Gasteiger partial charge in [0.05, 0.1) is 6.26 Å². The summed E-state index contributed by atoms with van der Waals surface area (Å²) >= 11 is 0. The minimum Gasteiger partial charge on any atom is -0.379 e. The third-order valence-corrected chi connectivity index (χ3v) is 7.36. The maximum Gasteiger partial charge on any atom is 0.339 e. The number of sulfonamides is 1. The highest BCUT2D eigenvalue weighted by atomic mass is 32.2. The molecule has 0 bridgehead atoms. The van der Waals surface area contributed by atoms with Crippen molar-refractivity contribution in [3.05, 3.63) is 54.2 Å². The average Bonchev–Trinajstić information content (AvgIpc) is 3.11. The molecule has 0 amide bonds. The third-order valence-electron chi connectivity index (χ3n) is 5.50. The van der Waals surface area contributed by atoms with E-state index < -0.39 is 20.1 Å². The number of piperidine rings is 1. The molecule has 1 aromatic heterocycles. The maximum atomic E-state index is 12.7. The number of H-pyrrole nitrogens is 1. The molecule has 10 heteroatoms. The van der Waals surface area contributed by atoms with E-state index in [1.165, 1.54) is 29.8 Å². The van der Waals surface area contributed by atoms with Crippen LogP contribution in [0.25, 0.3) is 10.9 Å². The Morgan fingerprint density at radius 3 is 2.35 bits per heavy atom. The first-order valence-corrected chi connectivity index (χ1v) is 13.2. The summed E-state index contributed by atoms with van der Waals surface area (Å²) in [7, 11) is -5.39. The summed E-state index contributed by atoms with van der Waals surface area (Å²) in [5.74, 6) is 0.659. The van der Waals surface area contributed by atoms with Gasteiger partial charge in [-0.3, -0.25) is 4.72 Å². The minimum atomic E-state index is -4.06. The van der Waals surface area contributed by atoms with Crippen molar-refractivity contribution in [2.24, 2.45) is 0 Å². The third kappa shape index (κ3) is 5.03. The number of nitrogens with zero attached hydrogens (tertiary/aromatic N) is 1. The fourth-order valence-corrected chi connectivity index (χ4v) is 5.40. The number of aromatic nitrogens is 1. The van der Waals surface area contributed by atoms with Crippen LogP contribution < -0.4 is 8.91 Å². The van der Waals surface area contributed by atoms with E-state index in [1.54, 1.807) is 12.1 Å². The SMILES string of the molecule is CN1CCC(c2c[nH]c3ccc(OS(=O)(=O)c4ccc(NS(C)(=O)=O)cc4)cc23)CC1. The second-order valence-corrected chi connectivity index (χ2v) is 11.3. The van der Waals surface area contributed by atoms with Crippen molar-refractivity contribution < 1.29 is 21.0 Å². The lowest BCUT2D eigenvalue weighted by Gasteiger charge is -2.28. The van der Waals surface area contributed by atoms with Crippen molar-refractivity contribution in [1.29, 1.82) is 0 Å². The number of hydrogen-bond donors (Lipinski definition) is 2. The van der Waals surface area contributed by atoms with Gasteiger partial charge in [0.25, 0.3) is 0 Å². The highest BCUT2D eigenvalue weighted by molar-refractivity contribution is 7.92. The van der Waals surface area contributed by atoms with Gasteiger partial charge < -0.3 is 14.1 Å². The molecule has 1 saturated heterocycles. The van der Waals surface area contributed by atoms with Crippen molar-refractivity contribution in [3.63, 3.8) is 0 Å². The fraction of sp³-hybridized carbons (Fsp3) is 0.333. The molecule has 0 saturated carbocycles. The first-order chi connectivity index (χ1) is 14.6. The number of likely N-dealkylation sites (tertiary alicyclic amines) is 1. The van der Waals surface area contributed by atoms with E-state index in [9.17, 15) is 16.8 Å². The van der Waals surface area contributed by atoms with Gasteiger partial charge in [-0.1, -0.05) is 0 Å². The van der Waals surface area contributed by atoms with Gasteiger partial charge in [0.2, 0.25) is 10.0 Å². The van der Waals surface area contributed by atoms with E-state index in [0.717, 1.165) is 43.1 Å². The zero-order chi connectivity index (χ0) is 22.2. The molecule has 166 valence electrons. The Kier molecular flexibility index (Phi) is 5.71. The molecule has 1 fully saturated rings. The second kappa shape index (κ2) is 8.18. The monoisotopic (exact) mass is 463 g/mol. The second-order valence-electron chi connectivity index (χ2n) is 7.97. The first kappa shape index (κ1) is 21.7. The summed E-state index contributed by atoms with van der Waals surface area (Å²) in [6, 6.07) is 10.6. The number of rotatable bonds is 6. The van der Waals surface area contributed by atoms with Gasteiger partial charge in [-0.05, 0) is 86.9 Å². The standard InChI is InChI=1S/C21H25N3O5S2/c1-24-11-9-15(10-12-24)20-14-22-21-8-5-17(13-19(20)21)29-31(27,28)18-6-3-16(4-7-18)23-30(2,25)26/h3-8,13-15,22-23H,9-12H2,1-2H3. The van der Waals surface area contributed by atoms with Crippen LogP contribution in [-0.2, 0) is 20.1 Å². The maximum absolute atomic E-state index is 12.7. The van der Waals surface area contributed by atoms with Crippen molar-refractivity contribution in [3.8, 4) is 5.75 Å². The summed E-state index contributed by atoms with van der Waals surface area (Å²) in [6.45, 7) is 2.07. The number of anilines is 1. The van der Waals surface area contributed by atoms with Gasteiger partial charge in [-0.2, -0.15) is 8.42 Å². The van der Waals surface area contributed by atoms with Gasteiger partial charge in [-0.15, -0.1) is 0 Å². The number of aromatic amines is 1. The van der Waals surface area contributed by atoms with Crippen LogP contribution in [0, 0.1) is 0 Å². The normalized spacial score (nSPS) is 16.5. The summed E-state index contributed by atoms with van der Waals surface area (Å²) in [6.07, 6.45) is 5.14. The molecule has 0 spiro atoms. The molecule has 0 radical (unpaired) electrons.